The van der Waals surface area contributed by atoms with Gasteiger partial charge in [-0.2, -0.15) is 0 Å². The summed E-state index contributed by atoms with van der Waals surface area (Å²) in [5.41, 5.74) is 0.826. The zero-order valence-electron chi connectivity index (χ0n) is 12.8. The molecule has 1 N–H and O–H groups in total. The van der Waals surface area contributed by atoms with Gasteiger partial charge in [0.15, 0.2) is 0 Å². The maximum atomic E-state index is 11.8. The molecular weight excluding hydrogens is 288 g/mol. The molecule has 1 aliphatic rings. The maximum Gasteiger partial charge on any atom is 0.307 e. The fraction of sp³-hybridized carbons (Fsp3) is 0.733. The second-order valence-electron chi connectivity index (χ2n) is 5.75. The monoisotopic (exact) mass is 312 g/mol. The van der Waals surface area contributed by atoms with Gasteiger partial charge in [-0.15, -0.1) is 0 Å². The van der Waals surface area contributed by atoms with Crippen LogP contribution in [0.25, 0.3) is 0 Å². The van der Waals surface area contributed by atoms with Gasteiger partial charge >= 0.3 is 4.87 Å². The number of thiazole rings is 1. The first-order valence-electron chi connectivity index (χ1n) is 7.61. The number of hydrogen-bond acceptors (Lipinski definition) is 4. The summed E-state index contributed by atoms with van der Waals surface area (Å²) in [6.45, 7) is 5.19. The molecule has 21 heavy (non-hydrogen) atoms. The number of aryl methyl sites for hydroxylation is 1. The molecule has 0 saturated heterocycles. The zero-order chi connectivity index (χ0) is 15.2. The third kappa shape index (κ3) is 4.68. The molecule has 1 heterocycles. The lowest BCUT2D eigenvalue weighted by Gasteiger charge is -2.28. The molecule has 0 bridgehead atoms. The molecule has 1 fully saturated rings. The third-order valence-corrected chi connectivity index (χ3v) is 4.95. The molecule has 5 nitrogen and oxygen atoms in total. The molecule has 1 aromatic rings. The highest BCUT2D eigenvalue weighted by Gasteiger charge is 2.21. The Morgan fingerprint density at radius 2 is 2.24 bits per heavy atom. The highest BCUT2D eigenvalue weighted by molar-refractivity contribution is 7.07. The molecule has 118 valence electrons. The van der Waals surface area contributed by atoms with Crippen LogP contribution in [0.3, 0.4) is 0 Å². The SMILES string of the molecule is Cc1csc(=O)n1CC(=O)NCCO[C@@H]1CCCC[C@H]1C. The van der Waals surface area contributed by atoms with E-state index in [4.69, 9.17) is 4.74 Å². The van der Waals surface area contributed by atoms with E-state index < -0.39 is 0 Å². The Hall–Kier alpha value is -1.14. The molecule has 6 heteroatoms. The summed E-state index contributed by atoms with van der Waals surface area (Å²) in [5.74, 6) is 0.473. The van der Waals surface area contributed by atoms with E-state index in [1.807, 2.05) is 6.92 Å². The fourth-order valence-corrected chi connectivity index (χ4v) is 3.46. The van der Waals surface area contributed by atoms with Crippen LogP contribution in [0.4, 0.5) is 0 Å². The molecule has 1 saturated carbocycles. The summed E-state index contributed by atoms with van der Waals surface area (Å²) >= 11 is 1.12. The quantitative estimate of drug-likeness (QED) is 0.817. The van der Waals surface area contributed by atoms with Crippen molar-refractivity contribution in [2.45, 2.75) is 52.2 Å². The van der Waals surface area contributed by atoms with Gasteiger partial charge in [-0.05, 0) is 25.7 Å². The third-order valence-electron chi connectivity index (χ3n) is 4.07. The number of hydrogen-bond donors (Lipinski definition) is 1. The van der Waals surface area contributed by atoms with Crippen LogP contribution in [0.2, 0.25) is 0 Å². The van der Waals surface area contributed by atoms with E-state index in [1.165, 1.54) is 23.8 Å². The highest BCUT2D eigenvalue weighted by atomic mass is 32.1. The molecule has 0 radical (unpaired) electrons. The summed E-state index contributed by atoms with van der Waals surface area (Å²) in [5, 5.41) is 4.58. The number of carbonyl (C=O) groups excluding carboxylic acids is 1. The highest BCUT2D eigenvalue weighted by Crippen LogP contribution is 2.25. The Bertz CT molecular complexity index is 523. The maximum absolute atomic E-state index is 11.8. The lowest BCUT2D eigenvalue weighted by Crippen LogP contribution is -2.35. The largest absolute Gasteiger partial charge is 0.376 e. The molecule has 0 unspecified atom stereocenters. The normalized spacial score (nSPS) is 22.2. The molecule has 1 aliphatic carbocycles. The van der Waals surface area contributed by atoms with Crippen molar-refractivity contribution in [3.05, 3.63) is 20.7 Å². The second-order valence-corrected chi connectivity index (χ2v) is 6.57. The Labute approximate surface area is 129 Å². The van der Waals surface area contributed by atoms with Crippen molar-refractivity contribution in [1.82, 2.24) is 9.88 Å². The number of carbonyl (C=O) groups is 1. The molecule has 0 spiro atoms. The Morgan fingerprint density at radius 3 is 2.90 bits per heavy atom. The van der Waals surface area contributed by atoms with Gasteiger partial charge in [0, 0.05) is 17.6 Å². The van der Waals surface area contributed by atoms with Crippen LogP contribution in [0, 0.1) is 12.8 Å². The van der Waals surface area contributed by atoms with E-state index >= 15 is 0 Å². The first-order chi connectivity index (χ1) is 10.1. The van der Waals surface area contributed by atoms with E-state index in [9.17, 15) is 9.59 Å². The van der Waals surface area contributed by atoms with Crippen LogP contribution in [-0.2, 0) is 16.1 Å². The lowest BCUT2D eigenvalue weighted by atomic mass is 9.88. The van der Waals surface area contributed by atoms with Crippen molar-refractivity contribution in [1.29, 1.82) is 0 Å². The Kier molecular flexibility index (Phi) is 5.99. The van der Waals surface area contributed by atoms with Gasteiger partial charge in [-0.25, -0.2) is 0 Å². The predicted molar refractivity (Wildman–Crippen MR) is 83.7 cm³/mol. The van der Waals surface area contributed by atoms with E-state index in [1.54, 1.807) is 5.38 Å². The molecule has 1 amide bonds. The van der Waals surface area contributed by atoms with Crippen molar-refractivity contribution in [2.75, 3.05) is 13.2 Å². The molecule has 2 rings (SSSR count). The minimum atomic E-state index is -0.140. The summed E-state index contributed by atoms with van der Waals surface area (Å²) in [6.07, 6.45) is 5.22. The summed E-state index contributed by atoms with van der Waals surface area (Å²) in [4.78, 5) is 23.2. The standard InChI is InChI=1S/C15H24N2O3S/c1-11-5-3-4-6-13(11)20-8-7-16-14(18)9-17-12(2)10-21-15(17)19/h10-11,13H,3-9H2,1-2H3,(H,16,18)/t11-,13-/m1/s1. The average molecular weight is 312 g/mol. The van der Waals surface area contributed by atoms with Crippen LogP contribution >= 0.6 is 11.3 Å². The summed E-state index contributed by atoms with van der Waals surface area (Å²) in [7, 11) is 0. The predicted octanol–water partition coefficient (Wildman–Crippen LogP) is 1.93. The number of rotatable bonds is 6. The van der Waals surface area contributed by atoms with Crippen LogP contribution < -0.4 is 10.2 Å². The van der Waals surface area contributed by atoms with Crippen LogP contribution in [0.5, 0.6) is 0 Å². The van der Waals surface area contributed by atoms with Gasteiger partial charge in [-0.1, -0.05) is 31.1 Å². The van der Waals surface area contributed by atoms with Crippen molar-refractivity contribution >= 4 is 17.2 Å². The lowest BCUT2D eigenvalue weighted by molar-refractivity contribution is -0.122. The minimum Gasteiger partial charge on any atom is -0.376 e. The molecule has 0 aliphatic heterocycles. The topological polar surface area (TPSA) is 60.3 Å². The average Bonchev–Trinajstić information content (AvgIpc) is 2.77. The van der Waals surface area contributed by atoms with Crippen molar-refractivity contribution in [2.24, 2.45) is 5.92 Å². The van der Waals surface area contributed by atoms with E-state index in [0.717, 1.165) is 23.5 Å². The second kappa shape index (κ2) is 7.75. The summed E-state index contributed by atoms with van der Waals surface area (Å²) < 4.78 is 7.34. The summed E-state index contributed by atoms with van der Waals surface area (Å²) in [6, 6.07) is 0. The van der Waals surface area contributed by atoms with Crippen LogP contribution in [0.1, 0.15) is 38.3 Å². The Morgan fingerprint density at radius 1 is 1.48 bits per heavy atom. The van der Waals surface area contributed by atoms with Gasteiger partial charge in [0.2, 0.25) is 5.91 Å². The van der Waals surface area contributed by atoms with E-state index in [-0.39, 0.29) is 17.3 Å². The van der Waals surface area contributed by atoms with E-state index in [2.05, 4.69) is 12.2 Å². The van der Waals surface area contributed by atoms with Crippen molar-refractivity contribution < 1.29 is 9.53 Å². The van der Waals surface area contributed by atoms with Crippen LogP contribution in [0.15, 0.2) is 10.2 Å². The van der Waals surface area contributed by atoms with Crippen molar-refractivity contribution in [3.8, 4) is 0 Å². The van der Waals surface area contributed by atoms with Gasteiger partial charge in [-0.3, -0.25) is 14.2 Å². The Balaban J connectivity index is 1.66. The van der Waals surface area contributed by atoms with Gasteiger partial charge in [0.05, 0.1) is 12.7 Å². The van der Waals surface area contributed by atoms with E-state index in [0.29, 0.717) is 25.2 Å². The number of amides is 1. The number of nitrogens with zero attached hydrogens (tertiary/aromatic N) is 1. The molecule has 2 atom stereocenters. The first kappa shape index (κ1) is 16.2. The van der Waals surface area contributed by atoms with Gasteiger partial charge in [0.1, 0.15) is 6.54 Å². The molecular formula is C15H24N2O3S. The first-order valence-corrected chi connectivity index (χ1v) is 8.49. The van der Waals surface area contributed by atoms with Gasteiger partial charge < -0.3 is 10.1 Å². The number of aromatic nitrogens is 1. The van der Waals surface area contributed by atoms with Gasteiger partial charge in [0.25, 0.3) is 0 Å². The van der Waals surface area contributed by atoms with Crippen LogP contribution in [-0.4, -0.2) is 29.7 Å². The smallest absolute Gasteiger partial charge is 0.307 e. The number of ether oxygens (including phenoxy) is 1. The fourth-order valence-electron chi connectivity index (χ4n) is 2.73. The zero-order valence-corrected chi connectivity index (χ0v) is 13.6. The minimum absolute atomic E-state index is 0.0880. The molecule has 0 aromatic carbocycles. The molecule has 1 aromatic heterocycles. The van der Waals surface area contributed by atoms with Crippen molar-refractivity contribution in [3.63, 3.8) is 0 Å². The number of nitrogens with one attached hydrogen (secondary N) is 1.